The Kier molecular flexibility index (Phi) is 5.27. The number of aromatic nitrogens is 3. The van der Waals surface area contributed by atoms with E-state index in [1.54, 1.807) is 29.0 Å². The molecule has 0 aliphatic carbocycles. The molecule has 1 aliphatic heterocycles. The van der Waals surface area contributed by atoms with Crippen LogP contribution in [-0.4, -0.2) is 33.7 Å². The van der Waals surface area contributed by atoms with Crippen molar-refractivity contribution in [2.45, 2.75) is 25.8 Å². The number of rotatable bonds is 3. The highest BCUT2D eigenvalue weighted by Gasteiger charge is 2.24. The van der Waals surface area contributed by atoms with Crippen LogP contribution in [0.5, 0.6) is 0 Å². The molecule has 0 amide bonds. The van der Waals surface area contributed by atoms with Gasteiger partial charge in [-0.25, -0.2) is 18.7 Å². The normalized spacial score (nSPS) is 16.2. The fourth-order valence-corrected chi connectivity index (χ4v) is 4.40. The molecule has 4 aromatic rings. The largest absolute Gasteiger partial charge is 0.368 e. The summed E-state index contributed by atoms with van der Waals surface area (Å²) in [6, 6.07) is 12.9. The van der Waals surface area contributed by atoms with Crippen molar-refractivity contribution >= 4 is 16.9 Å². The average molecular weight is 444 g/mol. The minimum Gasteiger partial charge on any atom is -0.368 e. The highest BCUT2D eigenvalue weighted by molar-refractivity contribution is 5.90. The van der Waals surface area contributed by atoms with Crippen LogP contribution in [-0.2, 0) is 0 Å². The zero-order chi connectivity index (χ0) is 23.1. The van der Waals surface area contributed by atoms with Gasteiger partial charge in [0.2, 0.25) is 0 Å². The van der Waals surface area contributed by atoms with Crippen LogP contribution in [0.3, 0.4) is 0 Å². The van der Waals surface area contributed by atoms with E-state index >= 15 is 4.39 Å². The molecule has 0 spiro atoms. The molecule has 1 atom stereocenters. The molecule has 0 unspecified atom stereocenters. The maximum atomic E-state index is 15.1. The highest BCUT2D eigenvalue weighted by atomic mass is 19.1. The van der Waals surface area contributed by atoms with Gasteiger partial charge in [-0.2, -0.15) is 5.26 Å². The Morgan fingerprint density at radius 2 is 1.94 bits per heavy atom. The molecule has 1 aliphatic rings. The van der Waals surface area contributed by atoms with Gasteiger partial charge in [-0.15, -0.1) is 0 Å². The van der Waals surface area contributed by atoms with E-state index in [2.05, 4.69) is 9.88 Å². The summed E-state index contributed by atoms with van der Waals surface area (Å²) in [5.41, 5.74) is 9.52. The second-order valence-electron chi connectivity index (χ2n) is 8.38. The molecule has 166 valence electrons. The lowest BCUT2D eigenvalue weighted by molar-refractivity contribution is 0.507. The summed E-state index contributed by atoms with van der Waals surface area (Å²) in [5, 5.41) is 9.11. The first-order valence-corrected chi connectivity index (χ1v) is 10.8. The number of hydrogen-bond donors (Lipinski definition) is 1. The fraction of sp³-hybridized carbons (Fsp3) is 0.240. The zero-order valence-corrected chi connectivity index (χ0v) is 18.1. The van der Waals surface area contributed by atoms with Crippen molar-refractivity contribution in [2.24, 2.45) is 5.73 Å². The molecule has 2 aromatic heterocycles. The number of aryl methyl sites for hydroxylation is 1. The van der Waals surface area contributed by atoms with Gasteiger partial charge in [0.1, 0.15) is 29.0 Å². The molecule has 8 heteroatoms. The van der Waals surface area contributed by atoms with E-state index in [9.17, 15) is 4.39 Å². The lowest BCUT2D eigenvalue weighted by Crippen LogP contribution is -2.42. The number of fused-ring (bicyclic) bond motifs is 1. The predicted octanol–water partition coefficient (Wildman–Crippen LogP) is 4.47. The maximum Gasteiger partial charge on any atom is 0.167 e. The number of nitrogens with zero attached hydrogens (tertiary/aromatic N) is 5. The van der Waals surface area contributed by atoms with E-state index in [0.717, 1.165) is 30.6 Å². The number of hydrogen-bond acceptors (Lipinski definition) is 5. The summed E-state index contributed by atoms with van der Waals surface area (Å²) in [6.07, 6.45) is 3.60. The standard InChI is InChI=1S/C25H22F2N6/c1-15-4-7-21(20(27)11-15)33-24(16-5-6-17(13-28)19(26)12-16)31-23-22(8-9-30-25(23)33)32-10-2-3-18(29)14-32/h4-9,11-12,18H,2-3,10,14,29H2,1H3/t18-/m1/s1. The summed E-state index contributed by atoms with van der Waals surface area (Å²) >= 11 is 0. The Hall–Kier alpha value is -3.83. The molecule has 5 rings (SSSR count). The van der Waals surface area contributed by atoms with Crippen LogP contribution in [0.4, 0.5) is 14.5 Å². The third-order valence-electron chi connectivity index (χ3n) is 6.02. The Balaban J connectivity index is 1.78. The van der Waals surface area contributed by atoms with Crippen LogP contribution in [0.15, 0.2) is 48.7 Å². The van der Waals surface area contributed by atoms with Gasteiger partial charge in [0.15, 0.2) is 5.65 Å². The topological polar surface area (TPSA) is 83.8 Å². The van der Waals surface area contributed by atoms with E-state index < -0.39 is 11.6 Å². The number of benzene rings is 2. The Bertz CT molecular complexity index is 1400. The number of piperidine rings is 1. The molecule has 0 radical (unpaired) electrons. The van der Waals surface area contributed by atoms with Crippen molar-refractivity contribution in [3.8, 4) is 23.1 Å². The van der Waals surface area contributed by atoms with E-state index in [4.69, 9.17) is 16.0 Å². The average Bonchev–Trinajstić information content (AvgIpc) is 3.18. The lowest BCUT2D eigenvalue weighted by atomic mass is 10.1. The highest BCUT2D eigenvalue weighted by Crippen LogP contribution is 2.34. The lowest BCUT2D eigenvalue weighted by Gasteiger charge is -2.32. The second kappa shape index (κ2) is 8.26. The number of pyridine rings is 1. The van der Waals surface area contributed by atoms with Crippen molar-refractivity contribution in [1.29, 1.82) is 5.26 Å². The first-order valence-electron chi connectivity index (χ1n) is 10.8. The third-order valence-corrected chi connectivity index (χ3v) is 6.02. The predicted molar refractivity (Wildman–Crippen MR) is 123 cm³/mol. The fourth-order valence-electron chi connectivity index (χ4n) is 4.40. The molecule has 2 N–H and O–H groups in total. The van der Waals surface area contributed by atoms with E-state index in [1.165, 1.54) is 18.2 Å². The quantitative estimate of drug-likeness (QED) is 0.504. The number of imidazole rings is 1. The molecule has 6 nitrogen and oxygen atoms in total. The van der Waals surface area contributed by atoms with Gasteiger partial charge in [-0.3, -0.25) is 4.57 Å². The van der Waals surface area contributed by atoms with Crippen LogP contribution in [0.25, 0.3) is 28.2 Å². The van der Waals surface area contributed by atoms with Crippen molar-refractivity contribution in [1.82, 2.24) is 14.5 Å². The van der Waals surface area contributed by atoms with Gasteiger partial charge in [-0.05, 0) is 61.7 Å². The first-order chi connectivity index (χ1) is 16.0. The Morgan fingerprint density at radius 1 is 1.09 bits per heavy atom. The number of halogens is 2. The maximum absolute atomic E-state index is 15.1. The van der Waals surface area contributed by atoms with Crippen molar-refractivity contribution < 1.29 is 8.78 Å². The summed E-state index contributed by atoms with van der Waals surface area (Å²) in [5.74, 6) is -0.748. The van der Waals surface area contributed by atoms with E-state index in [0.29, 0.717) is 29.1 Å². The zero-order valence-electron chi connectivity index (χ0n) is 18.1. The summed E-state index contributed by atoms with van der Waals surface area (Å²) in [7, 11) is 0. The molecular weight excluding hydrogens is 422 g/mol. The first kappa shape index (κ1) is 21.0. The molecule has 1 fully saturated rings. The SMILES string of the molecule is Cc1ccc(-n2c(-c3ccc(C#N)c(F)c3)nc3c(N4CCC[C@@H](N)C4)ccnc32)c(F)c1. The van der Waals surface area contributed by atoms with Gasteiger partial charge in [0.25, 0.3) is 0 Å². The van der Waals surface area contributed by atoms with Gasteiger partial charge >= 0.3 is 0 Å². The molecule has 3 heterocycles. The Labute approximate surface area is 189 Å². The van der Waals surface area contributed by atoms with E-state index in [-0.39, 0.29) is 17.3 Å². The summed E-state index contributed by atoms with van der Waals surface area (Å²) < 4.78 is 31.2. The molecule has 33 heavy (non-hydrogen) atoms. The smallest absolute Gasteiger partial charge is 0.167 e. The van der Waals surface area contributed by atoms with Crippen LogP contribution in [0.1, 0.15) is 24.0 Å². The third kappa shape index (κ3) is 3.70. The van der Waals surface area contributed by atoms with Gasteiger partial charge in [0, 0.05) is 30.9 Å². The minimum absolute atomic E-state index is 0.0608. The molecular formula is C25H22F2N6. The van der Waals surface area contributed by atoms with Gasteiger partial charge in [-0.1, -0.05) is 6.07 Å². The van der Waals surface area contributed by atoms with Crippen LogP contribution in [0, 0.1) is 29.9 Å². The van der Waals surface area contributed by atoms with Crippen molar-refractivity contribution in [2.75, 3.05) is 18.0 Å². The molecule has 2 aromatic carbocycles. The van der Waals surface area contributed by atoms with Crippen molar-refractivity contribution in [3.05, 3.63) is 71.4 Å². The molecule has 0 saturated carbocycles. The van der Waals surface area contributed by atoms with Crippen LogP contribution < -0.4 is 10.6 Å². The summed E-state index contributed by atoms with van der Waals surface area (Å²) in [4.78, 5) is 11.5. The summed E-state index contributed by atoms with van der Waals surface area (Å²) in [6.45, 7) is 3.33. The van der Waals surface area contributed by atoms with Gasteiger partial charge in [0.05, 0.1) is 16.9 Å². The minimum atomic E-state index is -0.659. The molecule has 1 saturated heterocycles. The van der Waals surface area contributed by atoms with E-state index in [1.807, 2.05) is 19.1 Å². The number of nitrogens with two attached hydrogens (primary N) is 1. The number of anilines is 1. The van der Waals surface area contributed by atoms with Crippen LogP contribution >= 0.6 is 0 Å². The monoisotopic (exact) mass is 444 g/mol. The van der Waals surface area contributed by atoms with Gasteiger partial charge < -0.3 is 10.6 Å². The van der Waals surface area contributed by atoms with Crippen molar-refractivity contribution in [3.63, 3.8) is 0 Å². The number of nitriles is 1. The van der Waals surface area contributed by atoms with Crippen LogP contribution in [0.2, 0.25) is 0 Å². The second-order valence-corrected chi connectivity index (χ2v) is 8.38. The molecule has 0 bridgehead atoms. The Morgan fingerprint density at radius 3 is 2.67 bits per heavy atom.